The summed E-state index contributed by atoms with van der Waals surface area (Å²) in [5, 5.41) is 0.566. The fourth-order valence-corrected chi connectivity index (χ4v) is 3.50. The van der Waals surface area contributed by atoms with Crippen LogP contribution in [0.2, 0.25) is 10.0 Å². The topological polar surface area (TPSA) is 61.7 Å². The molecule has 0 saturated heterocycles. The minimum atomic E-state index is -1.48. The highest BCUT2D eigenvalue weighted by Crippen LogP contribution is 2.38. The van der Waals surface area contributed by atoms with Crippen LogP contribution in [0.3, 0.4) is 0 Å². The van der Waals surface area contributed by atoms with Crippen molar-refractivity contribution in [2.75, 3.05) is 7.11 Å². The Morgan fingerprint density at radius 3 is 2.52 bits per heavy atom. The van der Waals surface area contributed by atoms with E-state index < -0.39 is 22.1 Å². The molecular formula is C19H19Cl2NO3S2. The van der Waals surface area contributed by atoms with E-state index in [4.69, 9.17) is 27.9 Å². The molecule has 0 N–H and O–H groups in total. The van der Waals surface area contributed by atoms with Crippen molar-refractivity contribution in [1.29, 1.82) is 0 Å². The fourth-order valence-electron chi connectivity index (χ4n) is 2.27. The highest BCUT2D eigenvalue weighted by molar-refractivity contribution is 7.91. The zero-order valence-electron chi connectivity index (χ0n) is 15.2. The van der Waals surface area contributed by atoms with E-state index in [1.807, 2.05) is 20.8 Å². The third-order valence-electron chi connectivity index (χ3n) is 3.65. The third kappa shape index (κ3) is 5.00. The van der Waals surface area contributed by atoms with E-state index in [-0.39, 0.29) is 5.02 Å². The molecule has 0 bridgehead atoms. The number of halogens is 2. The second kappa shape index (κ2) is 8.88. The van der Waals surface area contributed by atoms with Crippen molar-refractivity contribution in [2.24, 2.45) is 4.40 Å². The van der Waals surface area contributed by atoms with E-state index in [0.29, 0.717) is 32.2 Å². The molecule has 144 valence electrons. The number of esters is 1. The van der Waals surface area contributed by atoms with Gasteiger partial charge in [0.25, 0.3) is 0 Å². The Hall–Kier alpha value is -1.18. The predicted molar refractivity (Wildman–Crippen MR) is 116 cm³/mol. The molecule has 4 nitrogen and oxygen atoms in total. The largest absolute Gasteiger partial charge is 0.591 e. The first-order valence-corrected chi connectivity index (χ1v) is 10.2. The number of benzene rings is 2. The summed E-state index contributed by atoms with van der Waals surface area (Å²) in [6.07, 6.45) is 1.42. The van der Waals surface area contributed by atoms with Crippen LogP contribution in [-0.2, 0) is 16.1 Å². The molecule has 0 aliphatic heterocycles. The lowest BCUT2D eigenvalue weighted by Crippen LogP contribution is -2.25. The van der Waals surface area contributed by atoms with Crippen molar-refractivity contribution in [3.05, 3.63) is 51.5 Å². The van der Waals surface area contributed by atoms with E-state index in [1.54, 1.807) is 30.3 Å². The minimum Gasteiger partial charge on any atom is -0.591 e. The minimum absolute atomic E-state index is 0.247. The van der Waals surface area contributed by atoms with Gasteiger partial charge in [-0.25, -0.2) is 4.79 Å². The number of rotatable bonds is 4. The van der Waals surface area contributed by atoms with E-state index in [1.165, 1.54) is 13.3 Å². The summed E-state index contributed by atoms with van der Waals surface area (Å²) in [7, 11) is 1.31. The van der Waals surface area contributed by atoms with Gasteiger partial charge in [0, 0.05) is 16.0 Å². The van der Waals surface area contributed by atoms with Crippen molar-refractivity contribution >= 4 is 59.4 Å². The Labute approximate surface area is 177 Å². The zero-order chi connectivity index (χ0) is 20.4. The van der Waals surface area contributed by atoms with Gasteiger partial charge in [-0.05, 0) is 44.5 Å². The van der Waals surface area contributed by atoms with Crippen molar-refractivity contribution in [3.8, 4) is 11.1 Å². The Balaban J connectivity index is 2.72. The predicted octanol–water partition coefficient (Wildman–Crippen LogP) is 5.62. The number of hydrogen-bond donors (Lipinski definition) is 1. The summed E-state index contributed by atoms with van der Waals surface area (Å²) >= 11 is 15.6. The standard InChI is InChI=1S/C19H19Cl2NO3S2/c1-19(2,3)27(24)22-10-13-11(8-9-14(20)17(13)21)16-12(18(23)25-4)6-5-7-15(16)26/h5-10,26H,1-4H3. The average molecular weight is 444 g/mol. The summed E-state index contributed by atoms with van der Waals surface area (Å²) in [5.41, 5.74) is 1.91. The molecule has 2 aromatic rings. The van der Waals surface area contributed by atoms with Gasteiger partial charge >= 0.3 is 5.97 Å². The zero-order valence-corrected chi connectivity index (χ0v) is 18.5. The lowest BCUT2D eigenvalue weighted by molar-refractivity contribution is 0.0601. The number of nitrogens with zero attached hydrogens (tertiary/aromatic N) is 1. The SMILES string of the molecule is COC(=O)c1cccc(S)c1-c1ccc(Cl)c(Cl)c1C=N[S+]([O-])C(C)(C)C. The van der Waals surface area contributed by atoms with Crippen molar-refractivity contribution in [1.82, 2.24) is 0 Å². The first-order valence-electron chi connectivity index (χ1n) is 7.92. The van der Waals surface area contributed by atoms with Crippen LogP contribution in [0, 0.1) is 0 Å². The summed E-state index contributed by atoms with van der Waals surface area (Å²) in [4.78, 5) is 12.8. The highest BCUT2D eigenvalue weighted by Gasteiger charge is 2.26. The average Bonchev–Trinajstić information content (AvgIpc) is 2.61. The second-order valence-electron chi connectivity index (χ2n) is 6.61. The van der Waals surface area contributed by atoms with Crippen molar-refractivity contribution in [3.63, 3.8) is 0 Å². The van der Waals surface area contributed by atoms with Crippen LogP contribution < -0.4 is 0 Å². The lowest BCUT2D eigenvalue weighted by atomic mass is 9.95. The van der Waals surface area contributed by atoms with Gasteiger partial charge in [-0.15, -0.1) is 12.6 Å². The number of carbonyl (C=O) groups is 1. The van der Waals surface area contributed by atoms with Crippen LogP contribution >= 0.6 is 35.8 Å². The van der Waals surface area contributed by atoms with Gasteiger partial charge in [0.15, 0.2) is 0 Å². The maximum absolute atomic E-state index is 12.3. The van der Waals surface area contributed by atoms with Crippen LogP contribution in [0.25, 0.3) is 11.1 Å². The van der Waals surface area contributed by atoms with E-state index in [2.05, 4.69) is 17.0 Å². The molecule has 2 aromatic carbocycles. The maximum atomic E-state index is 12.3. The third-order valence-corrected chi connectivity index (χ3v) is 6.19. The molecule has 0 aliphatic rings. The molecule has 1 atom stereocenters. The molecular weight excluding hydrogens is 425 g/mol. The quantitative estimate of drug-likeness (QED) is 0.288. The number of methoxy groups -OCH3 is 1. The summed E-state index contributed by atoms with van der Waals surface area (Å²) in [5.74, 6) is -0.506. The van der Waals surface area contributed by atoms with Gasteiger partial charge in [0.2, 0.25) is 0 Å². The Kier molecular flexibility index (Phi) is 7.27. The molecule has 0 saturated carbocycles. The molecule has 0 heterocycles. The lowest BCUT2D eigenvalue weighted by Gasteiger charge is -2.18. The Morgan fingerprint density at radius 2 is 1.93 bits per heavy atom. The smallest absolute Gasteiger partial charge is 0.338 e. The summed E-state index contributed by atoms with van der Waals surface area (Å²) < 4.78 is 20.8. The molecule has 0 fully saturated rings. The molecule has 0 aromatic heterocycles. The molecule has 27 heavy (non-hydrogen) atoms. The molecule has 1 unspecified atom stereocenters. The van der Waals surface area contributed by atoms with Gasteiger partial charge < -0.3 is 9.29 Å². The monoisotopic (exact) mass is 443 g/mol. The highest BCUT2D eigenvalue weighted by atomic mass is 35.5. The summed E-state index contributed by atoms with van der Waals surface area (Å²) in [6, 6.07) is 8.44. The van der Waals surface area contributed by atoms with Crippen molar-refractivity contribution < 1.29 is 14.1 Å². The van der Waals surface area contributed by atoms with E-state index in [9.17, 15) is 9.35 Å². The van der Waals surface area contributed by atoms with Crippen LogP contribution in [0.15, 0.2) is 39.6 Å². The van der Waals surface area contributed by atoms with Crippen LogP contribution in [0.1, 0.15) is 36.7 Å². The Bertz CT molecular complexity index is 895. The van der Waals surface area contributed by atoms with Crippen molar-refractivity contribution in [2.45, 2.75) is 30.4 Å². The van der Waals surface area contributed by atoms with Gasteiger partial charge in [0.05, 0.1) is 28.9 Å². The van der Waals surface area contributed by atoms with Gasteiger partial charge in [-0.1, -0.05) is 39.7 Å². The molecule has 8 heteroatoms. The molecule has 0 spiro atoms. The van der Waals surface area contributed by atoms with Gasteiger partial charge in [-0.2, -0.15) is 0 Å². The molecule has 2 rings (SSSR count). The Morgan fingerprint density at radius 1 is 1.26 bits per heavy atom. The fraction of sp³-hybridized carbons (Fsp3) is 0.263. The summed E-state index contributed by atoms with van der Waals surface area (Å²) in [6.45, 7) is 5.46. The number of ether oxygens (including phenoxy) is 1. The maximum Gasteiger partial charge on any atom is 0.338 e. The van der Waals surface area contributed by atoms with Gasteiger partial charge in [-0.3, -0.25) is 0 Å². The number of hydrogen-bond acceptors (Lipinski definition) is 5. The number of thiol groups is 1. The molecule has 0 aliphatic carbocycles. The second-order valence-corrected chi connectivity index (χ2v) is 9.81. The first kappa shape index (κ1) is 22.1. The van der Waals surface area contributed by atoms with Crippen LogP contribution in [0.4, 0.5) is 0 Å². The first-order chi connectivity index (χ1) is 12.6. The normalized spacial score (nSPS) is 13.0. The molecule has 0 amide bonds. The van der Waals surface area contributed by atoms with Gasteiger partial charge in [0.1, 0.15) is 16.1 Å². The molecule has 0 radical (unpaired) electrons. The van der Waals surface area contributed by atoms with E-state index in [0.717, 1.165) is 0 Å². The number of carbonyl (C=O) groups excluding carboxylic acids is 1. The van der Waals surface area contributed by atoms with Crippen LogP contribution in [0.5, 0.6) is 0 Å². The van der Waals surface area contributed by atoms with Crippen LogP contribution in [-0.4, -0.2) is 28.6 Å². The van der Waals surface area contributed by atoms with E-state index >= 15 is 0 Å².